The Morgan fingerprint density at radius 2 is 1.60 bits per heavy atom. The van der Waals surface area contributed by atoms with Crippen molar-refractivity contribution in [2.45, 2.75) is 0 Å². The predicted molar refractivity (Wildman–Crippen MR) is 124 cm³/mol. The molecule has 0 radical (unpaired) electrons. The molecular formula is C21H12BrCl2N3O2S. The maximum absolute atomic E-state index is 12.4. The van der Waals surface area contributed by atoms with Gasteiger partial charge in [-0.15, -0.1) is 10.2 Å². The fourth-order valence-electron chi connectivity index (χ4n) is 2.53. The Morgan fingerprint density at radius 1 is 0.933 bits per heavy atom. The van der Waals surface area contributed by atoms with Crippen LogP contribution in [0.3, 0.4) is 0 Å². The first-order valence-corrected chi connectivity index (χ1v) is 11.0. The number of amides is 1. The molecule has 0 aliphatic rings. The second kappa shape index (κ2) is 9.14. The van der Waals surface area contributed by atoms with Crippen molar-refractivity contribution < 1.29 is 9.53 Å². The number of nitrogens with one attached hydrogen (secondary N) is 1. The van der Waals surface area contributed by atoms with Gasteiger partial charge in [0.05, 0.1) is 10.6 Å². The molecule has 0 aliphatic carbocycles. The Bertz CT molecular complexity index is 1200. The second-order valence-electron chi connectivity index (χ2n) is 6.07. The van der Waals surface area contributed by atoms with E-state index in [1.807, 2.05) is 48.5 Å². The minimum absolute atomic E-state index is 0.270. The van der Waals surface area contributed by atoms with Crippen LogP contribution in [0.2, 0.25) is 10.0 Å². The van der Waals surface area contributed by atoms with Crippen molar-refractivity contribution in [3.8, 4) is 22.1 Å². The molecule has 0 saturated carbocycles. The van der Waals surface area contributed by atoms with Crippen molar-refractivity contribution in [3.63, 3.8) is 0 Å². The lowest BCUT2D eigenvalue weighted by Crippen LogP contribution is -2.12. The second-order valence-corrected chi connectivity index (χ2v) is 8.81. The van der Waals surface area contributed by atoms with Crippen LogP contribution in [0.1, 0.15) is 10.4 Å². The van der Waals surface area contributed by atoms with Crippen LogP contribution in [-0.4, -0.2) is 16.1 Å². The van der Waals surface area contributed by atoms with Crippen molar-refractivity contribution in [1.82, 2.24) is 10.2 Å². The molecule has 0 fully saturated rings. The minimum Gasteiger partial charge on any atom is -0.457 e. The molecule has 0 saturated heterocycles. The van der Waals surface area contributed by atoms with Crippen molar-refractivity contribution >= 4 is 61.5 Å². The number of carbonyl (C=O) groups excluding carboxylic acids is 1. The molecule has 0 atom stereocenters. The smallest absolute Gasteiger partial charge is 0.259 e. The number of nitrogens with zero attached hydrogens (tertiary/aromatic N) is 2. The zero-order chi connectivity index (χ0) is 21.1. The van der Waals surface area contributed by atoms with E-state index in [4.69, 9.17) is 27.9 Å². The summed E-state index contributed by atoms with van der Waals surface area (Å²) in [6.07, 6.45) is 0. The summed E-state index contributed by atoms with van der Waals surface area (Å²) in [6, 6.07) is 19.7. The number of ether oxygens (including phenoxy) is 1. The lowest BCUT2D eigenvalue weighted by molar-refractivity contribution is 0.102. The normalized spacial score (nSPS) is 10.6. The molecule has 4 aromatic rings. The summed E-state index contributed by atoms with van der Waals surface area (Å²) in [4.78, 5) is 12.4. The number of anilines is 1. The Balaban J connectivity index is 1.44. The zero-order valence-corrected chi connectivity index (χ0v) is 19.0. The van der Waals surface area contributed by atoms with Crippen LogP contribution >= 0.6 is 50.5 Å². The number of hydrogen-bond donors (Lipinski definition) is 1. The SMILES string of the molecule is O=C(Nc1nnc(-c2ccc(Oc3ccc(Br)cc3)cc2)s1)c1ccc(Cl)cc1Cl. The molecule has 1 N–H and O–H groups in total. The van der Waals surface area contributed by atoms with E-state index in [0.717, 1.165) is 15.8 Å². The largest absolute Gasteiger partial charge is 0.457 e. The number of rotatable bonds is 5. The molecule has 1 amide bonds. The molecule has 4 rings (SSSR count). The van der Waals surface area contributed by atoms with Gasteiger partial charge in [-0.05, 0) is 66.7 Å². The van der Waals surface area contributed by atoms with Gasteiger partial charge in [-0.3, -0.25) is 10.1 Å². The topological polar surface area (TPSA) is 64.1 Å². The first-order valence-electron chi connectivity index (χ1n) is 8.62. The average molecular weight is 521 g/mol. The quantitative estimate of drug-likeness (QED) is 0.299. The standard InChI is InChI=1S/C21H12BrCl2N3O2S/c22-13-3-8-16(9-4-13)29-15-6-1-12(2-7-15)20-26-27-21(30-20)25-19(28)17-10-5-14(23)11-18(17)24/h1-11H,(H,25,27,28). The maximum Gasteiger partial charge on any atom is 0.259 e. The highest BCUT2D eigenvalue weighted by Gasteiger charge is 2.14. The average Bonchev–Trinajstić information content (AvgIpc) is 3.18. The highest BCUT2D eigenvalue weighted by molar-refractivity contribution is 9.10. The van der Waals surface area contributed by atoms with Gasteiger partial charge in [-0.2, -0.15) is 0 Å². The minimum atomic E-state index is -0.377. The van der Waals surface area contributed by atoms with Crippen molar-refractivity contribution in [1.29, 1.82) is 0 Å². The van der Waals surface area contributed by atoms with E-state index in [1.165, 1.54) is 17.4 Å². The third kappa shape index (κ3) is 4.99. The van der Waals surface area contributed by atoms with Crippen LogP contribution in [-0.2, 0) is 0 Å². The van der Waals surface area contributed by atoms with Crippen molar-refractivity contribution in [2.75, 3.05) is 5.32 Å². The number of benzene rings is 3. The fourth-order valence-corrected chi connectivity index (χ4v) is 4.04. The Kier molecular flexibility index (Phi) is 6.34. The number of hydrogen-bond acceptors (Lipinski definition) is 5. The summed E-state index contributed by atoms with van der Waals surface area (Å²) < 4.78 is 6.81. The third-order valence-electron chi connectivity index (χ3n) is 3.97. The molecule has 3 aromatic carbocycles. The Hall–Kier alpha value is -2.45. The van der Waals surface area contributed by atoms with Gasteiger partial charge < -0.3 is 4.74 Å². The summed E-state index contributed by atoms with van der Waals surface area (Å²) >= 11 is 16.6. The lowest BCUT2D eigenvalue weighted by Gasteiger charge is -2.06. The number of halogens is 3. The summed E-state index contributed by atoms with van der Waals surface area (Å²) in [6.45, 7) is 0. The van der Waals surface area contributed by atoms with E-state index in [0.29, 0.717) is 26.5 Å². The molecule has 0 spiro atoms. The fraction of sp³-hybridized carbons (Fsp3) is 0. The van der Waals surface area contributed by atoms with E-state index in [9.17, 15) is 4.79 Å². The summed E-state index contributed by atoms with van der Waals surface area (Å²) in [5, 5.41) is 12.7. The van der Waals surface area contributed by atoms with Gasteiger partial charge in [0.2, 0.25) is 5.13 Å². The summed E-state index contributed by atoms with van der Waals surface area (Å²) in [7, 11) is 0. The number of carbonyl (C=O) groups is 1. The van der Waals surface area contributed by atoms with Crippen LogP contribution in [0, 0.1) is 0 Å². The monoisotopic (exact) mass is 519 g/mol. The van der Waals surface area contributed by atoms with E-state index >= 15 is 0 Å². The van der Waals surface area contributed by atoms with Gasteiger partial charge in [-0.25, -0.2) is 0 Å². The van der Waals surface area contributed by atoms with E-state index in [2.05, 4.69) is 31.4 Å². The van der Waals surface area contributed by atoms with Crippen LogP contribution < -0.4 is 10.1 Å². The van der Waals surface area contributed by atoms with Crippen molar-refractivity contribution in [3.05, 3.63) is 86.8 Å². The Morgan fingerprint density at radius 3 is 2.27 bits per heavy atom. The van der Waals surface area contributed by atoms with Crippen molar-refractivity contribution in [2.24, 2.45) is 0 Å². The van der Waals surface area contributed by atoms with Gasteiger partial charge in [0.15, 0.2) is 0 Å². The predicted octanol–water partition coefficient (Wildman–Crippen LogP) is 7.32. The molecule has 0 bridgehead atoms. The third-order valence-corrected chi connectivity index (χ3v) is 5.94. The first-order chi connectivity index (χ1) is 14.5. The lowest BCUT2D eigenvalue weighted by atomic mass is 10.2. The highest BCUT2D eigenvalue weighted by atomic mass is 79.9. The van der Waals surface area contributed by atoms with Gasteiger partial charge >= 0.3 is 0 Å². The van der Waals surface area contributed by atoms with Gasteiger partial charge in [-0.1, -0.05) is 50.5 Å². The molecule has 1 aromatic heterocycles. The molecule has 30 heavy (non-hydrogen) atoms. The van der Waals surface area contributed by atoms with E-state index in [1.54, 1.807) is 12.1 Å². The molecular weight excluding hydrogens is 509 g/mol. The van der Waals surface area contributed by atoms with Crippen LogP contribution in [0.4, 0.5) is 5.13 Å². The summed E-state index contributed by atoms with van der Waals surface area (Å²) in [5.74, 6) is 1.07. The molecule has 9 heteroatoms. The summed E-state index contributed by atoms with van der Waals surface area (Å²) in [5.41, 5.74) is 1.17. The van der Waals surface area contributed by atoms with E-state index in [-0.39, 0.29) is 10.9 Å². The van der Waals surface area contributed by atoms with Crippen LogP contribution in [0.25, 0.3) is 10.6 Å². The molecule has 0 unspecified atom stereocenters. The van der Waals surface area contributed by atoms with Gasteiger partial charge in [0.25, 0.3) is 5.91 Å². The highest BCUT2D eigenvalue weighted by Crippen LogP contribution is 2.30. The maximum atomic E-state index is 12.4. The van der Waals surface area contributed by atoms with Crippen LogP contribution in [0.15, 0.2) is 71.2 Å². The molecule has 150 valence electrons. The molecule has 0 aliphatic heterocycles. The molecule has 1 heterocycles. The van der Waals surface area contributed by atoms with Crippen LogP contribution in [0.5, 0.6) is 11.5 Å². The molecule has 5 nitrogen and oxygen atoms in total. The number of aromatic nitrogens is 2. The van der Waals surface area contributed by atoms with Gasteiger partial charge in [0.1, 0.15) is 16.5 Å². The van der Waals surface area contributed by atoms with Gasteiger partial charge in [0, 0.05) is 15.1 Å². The zero-order valence-electron chi connectivity index (χ0n) is 15.1. The Labute approximate surface area is 194 Å². The van der Waals surface area contributed by atoms with E-state index < -0.39 is 0 Å². The first kappa shape index (κ1) is 20.8.